The molecule has 0 fully saturated rings. The van der Waals surface area contributed by atoms with E-state index in [0.717, 1.165) is 33.4 Å². The van der Waals surface area contributed by atoms with E-state index < -0.39 is 20.2 Å². The molecule has 232 valence electrons. The van der Waals surface area contributed by atoms with Crippen LogP contribution in [0.1, 0.15) is 47.9 Å². The summed E-state index contributed by atoms with van der Waals surface area (Å²) in [6.07, 6.45) is 1.63. The van der Waals surface area contributed by atoms with E-state index in [4.69, 9.17) is 18.6 Å². The monoisotopic (exact) mass is 636 g/mol. The van der Waals surface area contributed by atoms with Gasteiger partial charge in [-0.2, -0.15) is 16.8 Å². The standard InChI is InChI=1S/C34H36O8S2/c35-43(36,37)25-9-7-23-41-31-19-15-29(16-20-31)33(27-11-3-1-4-12-27)34(28-13-5-2-6-14-28)30-17-21-32(22-18-30)42-24-8-10-26-44(38,39)40/h1-6,11-22H,7-10,23-26H2,(H,35,36,37)(H,38,39,40)/b34-33+. The molecule has 2 N–H and O–H groups in total. The Morgan fingerprint density at radius 1 is 0.455 bits per heavy atom. The molecular weight excluding hydrogens is 601 g/mol. The summed E-state index contributed by atoms with van der Waals surface area (Å²) < 4.78 is 73.2. The average Bonchev–Trinajstić information content (AvgIpc) is 3.00. The average molecular weight is 637 g/mol. The van der Waals surface area contributed by atoms with E-state index >= 15 is 0 Å². The SMILES string of the molecule is O=S(=O)(O)CCCCOc1ccc(/C(=C(\c2ccccc2)c2ccc(OCCCCS(=O)(=O)O)cc2)c2ccccc2)cc1. The normalized spacial score (nSPS) is 12.4. The van der Waals surface area contributed by atoms with Crippen molar-refractivity contribution in [2.24, 2.45) is 0 Å². The molecule has 0 atom stereocenters. The molecule has 0 unspecified atom stereocenters. The van der Waals surface area contributed by atoms with Crippen LogP contribution in [0.25, 0.3) is 11.1 Å². The second kappa shape index (κ2) is 15.7. The topological polar surface area (TPSA) is 127 Å². The minimum absolute atomic E-state index is 0.285. The van der Waals surface area contributed by atoms with Gasteiger partial charge in [0.25, 0.3) is 20.2 Å². The molecule has 0 aromatic heterocycles. The maximum absolute atomic E-state index is 10.9. The smallest absolute Gasteiger partial charge is 0.264 e. The molecule has 44 heavy (non-hydrogen) atoms. The number of benzene rings is 4. The lowest BCUT2D eigenvalue weighted by Crippen LogP contribution is -2.06. The van der Waals surface area contributed by atoms with Crippen molar-refractivity contribution in [1.82, 2.24) is 0 Å². The van der Waals surface area contributed by atoms with Gasteiger partial charge in [0.05, 0.1) is 24.7 Å². The molecule has 0 amide bonds. The van der Waals surface area contributed by atoms with E-state index in [1.54, 1.807) is 0 Å². The van der Waals surface area contributed by atoms with Crippen LogP contribution in [0, 0.1) is 0 Å². The van der Waals surface area contributed by atoms with Crippen LogP contribution in [-0.2, 0) is 20.2 Å². The molecule has 10 heteroatoms. The fraction of sp³-hybridized carbons (Fsp3) is 0.235. The number of rotatable bonds is 16. The molecule has 0 spiro atoms. The highest BCUT2D eigenvalue weighted by Gasteiger charge is 2.17. The van der Waals surface area contributed by atoms with E-state index in [1.165, 1.54) is 0 Å². The second-order valence-corrected chi connectivity index (χ2v) is 13.4. The first-order valence-electron chi connectivity index (χ1n) is 14.3. The predicted octanol–water partition coefficient (Wildman–Crippen LogP) is 6.79. The van der Waals surface area contributed by atoms with Gasteiger partial charge >= 0.3 is 0 Å². The van der Waals surface area contributed by atoms with Crippen molar-refractivity contribution in [2.75, 3.05) is 24.7 Å². The number of hydrogen-bond acceptors (Lipinski definition) is 6. The Bertz CT molecular complexity index is 1590. The summed E-state index contributed by atoms with van der Waals surface area (Å²) in [4.78, 5) is 0. The highest BCUT2D eigenvalue weighted by atomic mass is 32.2. The van der Waals surface area contributed by atoms with Gasteiger partial charge in [0.15, 0.2) is 0 Å². The van der Waals surface area contributed by atoms with Crippen LogP contribution < -0.4 is 9.47 Å². The molecule has 0 saturated carbocycles. The summed E-state index contributed by atoms with van der Waals surface area (Å²) >= 11 is 0. The van der Waals surface area contributed by atoms with Gasteiger partial charge in [-0.25, -0.2) is 0 Å². The van der Waals surface area contributed by atoms with Crippen LogP contribution >= 0.6 is 0 Å². The van der Waals surface area contributed by atoms with Gasteiger partial charge in [0, 0.05) is 0 Å². The largest absolute Gasteiger partial charge is 0.494 e. The molecule has 0 saturated heterocycles. The van der Waals surface area contributed by atoms with Crippen molar-refractivity contribution >= 4 is 31.4 Å². The van der Waals surface area contributed by atoms with E-state index in [2.05, 4.69) is 24.3 Å². The lowest BCUT2D eigenvalue weighted by molar-refractivity contribution is 0.309. The highest BCUT2D eigenvalue weighted by Crippen LogP contribution is 2.37. The Labute approximate surface area is 259 Å². The van der Waals surface area contributed by atoms with Gasteiger partial charge in [-0.15, -0.1) is 0 Å². The molecular formula is C34H36O8S2. The van der Waals surface area contributed by atoms with Crippen LogP contribution in [0.15, 0.2) is 109 Å². The molecule has 0 radical (unpaired) electrons. The lowest BCUT2D eigenvalue weighted by atomic mass is 9.86. The quantitative estimate of drug-likeness (QED) is 0.0782. The van der Waals surface area contributed by atoms with Crippen molar-refractivity contribution in [1.29, 1.82) is 0 Å². The first-order valence-corrected chi connectivity index (χ1v) is 17.5. The second-order valence-electron chi connectivity index (χ2n) is 10.2. The van der Waals surface area contributed by atoms with Crippen LogP contribution in [-0.4, -0.2) is 50.7 Å². The van der Waals surface area contributed by atoms with Gasteiger partial charge in [-0.1, -0.05) is 84.9 Å². The molecule has 4 aromatic carbocycles. The molecule has 0 bridgehead atoms. The third kappa shape index (κ3) is 10.6. The van der Waals surface area contributed by atoms with Crippen molar-refractivity contribution < 1.29 is 35.4 Å². The van der Waals surface area contributed by atoms with E-state index in [9.17, 15) is 16.8 Å². The van der Waals surface area contributed by atoms with Crippen molar-refractivity contribution in [2.45, 2.75) is 25.7 Å². The lowest BCUT2D eigenvalue weighted by Gasteiger charge is -2.19. The molecule has 0 heterocycles. The van der Waals surface area contributed by atoms with Crippen molar-refractivity contribution in [3.8, 4) is 11.5 Å². The fourth-order valence-corrected chi connectivity index (χ4v) is 5.85. The van der Waals surface area contributed by atoms with Crippen LogP contribution in [0.4, 0.5) is 0 Å². The van der Waals surface area contributed by atoms with Gasteiger partial charge in [-0.05, 0) is 83.3 Å². The van der Waals surface area contributed by atoms with Gasteiger partial charge in [0.1, 0.15) is 11.5 Å². The third-order valence-electron chi connectivity index (χ3n) is 6.79. The van der Waals surface area contributed by atoms with E-state index in [1.807, 2.05) is 84.9 Å². The first kappa shape index (κ1) is 32.9. The minimum Gasteiger partial charge on any atom is -0.494 e. The Morgan fingerprint density at radius 3 is 1.09 bits per heavy atom. The molecule has 4 rings (SSSR count). The summed E-state index contributed by atoms with van der Waals surface area (Å²) in [7, 11) is -7.94. The summed E-state index contributed by atoms with van der Waals surface area (Å²) in [5.74, 6) is 0.750. The van der Waals surface area contributed by atoms with Crippen LogP contribution in [0.2, 0.25) is 0 Å². The molecule has 8 nitrogen and oxygen atoms in total. The summed E-state index contributed by atoms with van der Waals surface area (Å²) in [5.41, 5.74) is 6.07. The van der Waals surface area contributed by atoms with Gasteiger partial charge in [0.2, 0.25) is 0 Å². The molecule has 0 aliphatic rings. The van der Waals surface area contributed by atoms with Crippen LogP contribution in [0.3, 0.4) is 0 Å². The number of hydrogen-bond donors (Lipinski definition) is 2. The Kier molecular flexibility index (Phi) is 11.7. The zero-order valence-corrected chi connectivity index (χ0v) is 25.8. The van der Waals surface area contributed by atoms with Gasteiger partial charge in [-0.3, -0.25) is 9.11 Å². The zero-order chi connectivity index (χ0) is 31.4. The van der Waals surface area contributed by atoms with E-state index in [0.29, 0.717) is 50.4 Å². The Balaban J connectivity index is 1.62. The maximum Gasteiger partial charge on any atom is 0.264 e. The van der Waals surface area contributed by atoms with E-state index in [-0.39, 0.29) is 11.5 Å². The molecule has 4 aromatic rings. The Morgan fingerprint density at radius 2 is 0.773 bits per heavy atom. The minimum atomic E-state index is -3.97. The number of unbranched alkanes of at least 4 members (excludes halogenated alkanes) is 2. The number of ether oxygens (including phenoxy) is 2. The summed E-state index contributed by atoms with van der Waals surface area (Å²) in [6, 6.07) is 35.8. The fourth-order valence-electron chi connectivity index (χ4n) is 4.71. The Hall–Kier alpha value is -3.96. The zero-order valence-electron chi connectivity index (χ0n) is 24.2. The summed E-state index contributed by atoms with van der Waals surface area (Å²) in [5, 5.41) is 0. The maximum atomic E-state index is 10.9. The molecule has 0 aliphatic heterocycles. The highest BCUT2D eigenvalue weighted by molar-refractivity contribution is 7.86. The first-order chi connectivity index (χ1) is 21.1. The molecule has 0 aliphatic carbocycles. The summed E-state index contributed by atoms with van der Waals surface area (Å²) in [6.45, 7) is 0.668. The third-order valence-corrected chi connectivity index (χ3v) is 8.40. The predicted molar refractivity (Wildman–Crippen MR) is 173 cm³/mol. The van der Waals surface area contributed by atoms with Crippen LogP contribution in [0.5, 0.6) is 11.5 Å². The van der Waals surface area contributed by atoms with Crippen molar-refractivity contribution in [3.63, 3.8) is 0 Å². The van der Waals surface area contributed by atoms with Gasteiger partial charge < -0.3 is 9.47 Å². The van der Waals surface area contributed by atoms with Crippen molar-refractivity contribution in [3.05, 3.63) is 131 Å².